The second-order valence-corrected chi connectivity index (χ2v) is 7.89. The van der Waals surface area contributed by atoms with E-state index in [2.05, 4.69) is 4.74 Å². The van der Waals surface area contributed by atoms with Crippen LogP contribution in [0.15, 0.2) is 47.3 Å². The van der Waals surface area contributed by atoms with Crippen molar-refractivity contribution in [2.45, 2.75) is 26.4 Å². The van der Waals surface area contributed by atoms with Crippen LogP contribution in [-0.2, 0) is 16.5 Å². The topological polar surface area (TPSA) is 94.8 Å². The van der Waals surface area contributed by atoms with E-state index in [9.17, 15) is 19.5 Å². The average Bonchev–Trinajstić information content (AvgIpc) is 2.70. The van der Waals surface area contributed by atoms with Crippen molar-refractivity contribution in [3.8, 4) is 16.9 Å². The quantitative estimate of drug-likeness (QED) is 0.664. The van der Waals surface area contributed by atoms with Gasteiger partial charge >= 0.3 is 11.9 Å². The third-order valence-corrected chi connectivity index (χ3v) is 4.61. The molecule has 0 atom stereocenters. The van der Waals surface area contributed by atoms with Crippen molar-refractivity contribution in [1.29, 1.82) is 0 Å². The second kappa shape index (κ2) is 7.67. The second-order valence-electron chi connectivity index (χ2n) is 7.89. The van der Waals surface area contributed by atoms with Crippen LogP contribution in [0.1, 0.15) is 41.5 Å². The van der Waals surface area contributed by atoms with E-state index in [4.69, 9.17) is 4.74 Å². The Labute approximate surface area is 173 Å². The van der Waals surface area contributed by atoms with Crippen molar-refractivity contribution in [2.24, 2.45) is 7.05 Å². The van der Waals surface area contributed by atoms with Gasteiger partial charge in [0.25, 0.3) is 5.56 Å². The molecule has 1 heterocycles. The highest BCUT2D eigenvalue weighted by Gasteiger charge is 2.22. The summed E-state index contributed by atoms with van der Waals surface area (Å²) >= 11 is 0. The van der Waals surface area contributed by atoms with Crippen molar-refractivity contribution in [3.63, 3.8) is 0 Å². The molecule has 0 aliphatic rings. The van der Waals surface area contributed by atoms with Gasteiger partial charge in [0.15, 0.2) is 5.56 Å². The zero-order valence-corrected chi connectivity index (χ0v) is 17.5. The first-order valence-electron chi connectivity index (χ1n) is 9.31. The van der Waals surface area contributed by atoms with Gasteiger partial charge in [-0.15, -0.1) is 0 Å². The summed E-state index contributed by atoms with van der Waals surface area (Å²) in [5.41, 5.74) is 0.850. The first-order chi connectivity index (χ1) is 14.0. The Hall–Kier alpha value is -3.61. The van der Waals surface area contributed by atoms with Gasteiger partial charge in [-0.05, 0) is 56.2 Å². The van der Waals surface area contributed by atoms with Gasteiger partial charge in [0.2, 0.25) is 0 Å². The van der Waals surface area contributed by atoms with Gasteiger partial charge in [-0.1, -0.05) is 18.2 Å². The Bertz CT molecular complexity index is 1200. The molecule has 1 aromatic heterocycles. The summed E-state index contributed by atoms with van der Waals surface area (Å²) in [4.78, 5) is 36.6. The lowest BCUT2D eigenvalue weighted by Gasteiger charge is -2.19. The van der Waals surface area contributed by atoms with E-state index < -0.39 is 34.4 Å². The smallest absolute Gasteiger partial charge is 0.347 e. The van der Waals surface area contributed by atoms with E-state index in [1.54, 1.807) is 63.2 Å². The van der Waals surface area contributed by atoms with Gasteiger partial charge in [0, 0.05) is 12.4 Å². The number of methoxy groups -OCH3 is 1. The lowest BCUT2D eigenvalue weighted by atomic mass is 10.0. The maximum absolute atomic E-state index is 12.5. The van der Waals surface area contributed by atoms with Gasteiger partial charge in [-0.2, -0.15) is 0 Å². The number of carbonyl (C=O) groups excluding carboxylic acids is 2. The Morgan fingerprint density at radius 3 is 2.13 bits per heavy atom. The summed E-state index contributed by atoms with van der Waals surface area (Å²) in [6.07, 6.45) is 0. The van der Waals surface area contributed by atoms with Crippen LogP contribution in [0, 0.1) is 0 Å². The number of carbonyl (C=O) groups is 2. The normalized spacial score (nSPS) is 11.4. The average molecular weight is 409 g/mol. The molecule has 3 aromatic rings. The van der Waals surface area contributed by atoms with E-state index in [1.807, 2.05) is 0 Å². The van der Waals surface area contributed by atoms with Crippen LogP contribution in [0.2, 0.25) is 0 Å². The highest BCUT2D eigenvalue weighted by atomic mass is 16.6. The van der Waals surface area contributed by atoms with Crippen LogP contribution in [0.3, 0.4) is 0 Å². The molecule has 7 heteroatoms. The number of nitrogens with zero attached hydrogens (tertiary/aromatic N) is 1. The highest BCUT2D eigenvalue weighted by Crippen LogP contribution is 2.30. The van der Waals surface area contributed by atoms with Crippen LogP contribution in [0.4, 0.5) is 0 Å². The molecule has 0 bridgehead atoms. The molecular weight excluding hydrogens is 386 g/mol. The lowest BCUT2D eigenvalue weighted by molar-refractivity contribution is 0.00693. The SMILES string of the molecule is COC(=O)c1c(O)c2ccc(-c3ccc(C(=O)OC(C)(C)C)cc3)cc2n(C)c1=O. The monoisotopic (exact) mass is 409 g/mol. The summed E-state index contributed by atoms with van der Waals surface area (Å²) in [6.45, 7) is 5.42. The molecule has 30 heavy (non-hydrogen) atoms. The molecule has 0 amide bonds. The molecule has 156 valence electrons. The molecule has 0 fully saturated rings. The summed E-state index contributed by atoms with van der Waals surface area (Å²) < 4.78 is 11.3. The van der Waals surface area contributed by atoms with Crippen molar-refractivity contribution in [3.05, 3.63) is 63.9 Å². The summed E-state index contributed by atoms with van der Waals surface area (Å²) in [7, 11) is 2.67. The third kappa shape index (κ3) is 3.91. The van der Waals surface area contributed by atoms with Crippen LogP contribution in [-0.4, -0.2) is 34.3 Å². The molecule has 0 saturated carbocycles. The van der Waals surface area contributed by atoms with Gasteiger partial charge in [0.1, 0.15) is 11.4 Å². The van der Waals surface area contributed by atoms with Gasteiger partial charge in [-0.3, -0.25) is 4.79 Å². The van der Waals surface area contributed by atoms with Gasteiger partial charge < -0.3 is 19.1 Å². The number of pyridine rings is 1. The Morgan fingerprint density at radius 1 is 0.967 bits per heavy atom. The number of hydrogen-bond acceptors (Lipinski definition) is 6. The number of benzene rings is 2. The van der Waals surface area contributed by atoms with E-state index in [1.165, 1.54) is 11.6 Å². The fraction of sp³-hybridized carbons (Fsp3) is 0.261. The van der Waals surface area contributed by atoms with Crippen LogP contribution in [0.25, 0.3) is 22.0 Å². The van der Waals surface area contributed by atoms with Crippen LogP contribution < -0.4 is 5.56 Å². The van der Waals surface area contributed by atoms with Gasteiger partial charge in [0.05, 0.1) is 18.2 Å². The van der Waals surface area contributed by atoms with Crippen LogP contribution >= 0.6 is 0 Å². The Kier molecular flexibility index (Phi) is 5.39. The van der Waals surface area contributed by atoms with Crippen molar-refractivity contribution >= 4 is 22.8 Å². The number of aryl methyl sites for hydroxylation is 1. The molecule has 0 saturated heterocycles. The number of esters is 2. The zero-order valence-electron chi connectivity index (χ0n) is 17.5. The first kappa shape index (κ1) is 21.1. The minimum atomic E-state index is -0.892. The third-order valence-electron chi connectivity index (χ3n) is 4.61. The maximum Gasteiger partial charge on any atom is 0.347 e. The van der Waals surface area contributed by atoms with E-state index in [0.717, 1.165) is 18.2 Å². The highest BCUT2D eigenvalue weighted by molar-refractivity contribution is 6.00. The minimum Gasteiger partial charge on any atom is -0.506 e. The molecule has 1 N–H and O–H groups in total. The fourth-order valence-corrected chi connectivity index (χ4v) is 3.12. The predicted molar refractivity (Wildman–Crippen MR) is 113 cm³/mol. The molecule has 7 nitrogen and oxygen atoms in total. The number of aromatic hydroxyl groups is 1. The molecule has 0 spiro atoms. The fourth-order valence-electron chi connectivity index (χ4n) is 3.12. The number of rotatable bonds is 3. The predicted octanol–water partition coefficient (Wildman–Crippen LogP) is 3.65. The molecule has 2 aromatic carbocycles. The van der Waals surface area contributed by atoms with Crippen LogP contribution in [0.5, 0.6) is 5.75 Å². The van der Waals surface area contributed by atoms with Crippen molar-refractivity contribution in [2.75, 3.05) is 7.11 Å². The maximum atomic E-state index is 12.5. The first-order valence-corrected chi connectivity index (χ1v) is 9.31. The van der Waals surface area contributed by atoms with Crippen molar-refractivity contribution < 1.29 is 24.2 Å². The number of ether oxygens (including phenoxy) is 2. The number of fused-ring (bicyclic) bond motifs is 1. The lowest BCUT2D eigenvalue weighted by Crippen LogP contribution is -2.25. The number of aromatic nitrogens is 1. The Balaban J connectivity index is 2.04. The van der Waals surface area contributed by atoms with E-state index >= 15 is 0 Å². The molecule has 0 radical (unpaired) electrons. The van der Waals surface area contributed by atoms with E-state index in [-0.39, 0.29) is 0 Å². The zero-order chi connectivity index (χ0) is 22.2. The minimum absolute atomic E-state index is 0.353. The number of hydrogen-bond donors (Lipinski definition) is 1. The standard InChI is InChI=1S/C23H23NO6/c1-23(2,3)30-21(27)14-8-6-13(7-9-14)15-10-11-16-17(12-15)24(4)20(26)18(19(16)25)22(28)29-5/h6-12,25H,1-5H3. The van der Waals surface area contributed by atoms with E-state index in [0.29, 0.717) is 16.5 Å². The molecule has 0 aliphatic carbocycles. The van der Waals surface area contributed by atoms with Gasteiger partial charge in [-0.25, -0.2) is 9.59 Å². The summed E-state index contributed by atoms with van der Waals surface area (Å²) in [5, 5.41) is 10.8. The molecular formula is C23H23NO6. The largest absolute Gasteiger partial charge is 0.506 e. The van der Waals surface area contributed by atoms with Crippen molar-refractivity contribution in [1.82, 2.24) is 4.57 Å². The molecule has 3 rings (SSSR count). The summed E-state index contributed by atoms with van der Waals surface area (Å²) in [5.74, 6) is -1.71. The Morgan fingerprint density at radius 2 is 1.57 bits per heavy atom. The molecule has 0 aliphatic heterocycles. The summed E-state index contributed by atoms with van der Waals surface area (Å²) in [6, 6.07) is 12.0. The molecule has 0 unspecified atom stereocenters.